The largest absolute Gasteiger partial charge is 0.493 e. The van der Waals surface area contributed by atoms with Gasteiger partial charge in [0.05, 0.1) is 19.3 Å². The van der Waals surface area contributed by atoms with Gasteiger partial charge in [0, 0.05) is 50.9 Å². The van der Waals surface area contributed by atoms with Crippen LogP contribution in [0.25, 0.3) is 0 Å². The van der Waals surface area contributed by atoms with Gasteiger partial charge in [-0.15, -0.1) is 0 Å². The highest BCUT2D eigenvalue weighted by Gasteiger charge is 2.34. The number of hydrogen-bond acceptors (Lipinski definition) is 8. The quantitative estimate of drug-likeness (QED) is 0.369. The lowest BCUT2D eigenvalue weighted by molar-refractivity contribution is 0.0572. The van der Waals surface area contributed by atoms with Crippen LogP contribution in [0, 0.1) is 0 Å². The maximum absolute atomic E-state index is 13.1. The summed E-state index contributed by atoms with van der Waals surface area (Å²) < 4.78 is 17.5. The summed E-state index contributed by atoms with van der Waals surface area (Å²) in [4.78, 5) is 21.1. The number of nitrogens with zero attached hydrogens (tertiary/aromatic N) is 3. The molecule has 0 spiro atoms. The second-order valence-electron chi connectivity index (χ2n) is 11.2. The average molecular weight is 560 g/mol. The fraction of sp³-hybridized carbons (Fsp3) is 0.438. The van der Waals surface area contributed by atoms with Gasteiger partial charge in [0.15, 0.2) is 11.5 Å². The summed E-state index contributed by atoms with van der Waals surface area (Å²) in [6, 6.07) is 18.1. The summed E-state index contributed by atoms with van der Waals surface area (Å²) >= 11 is 0. The highest BCUT2D eigenvalue weighted by atomic mass is 16.5. The zero-order chi connectivity index (χ0) is 28.3. The first kappa shape index (κ1) is 27.5. The first-order valence-corrected chi connectivity index (χ1v) is 14.3. The molecule has 41 heavy (non-hydrogen) atoms. The summed E-state index contributed by atoms with van der Waals surface area (Å²) in [7, 11) is 1.64. The molecule has 0 radical (unpaired) electrons. The second-order valence-corrected chi connectivity index (χ2v) is 11.2. The molecule has 3 heterocycles. The van der Waals surface area contributed by atoms with E-state index in [-0.39, 0.29) is 11.8 Å². The zero-order valence-electron chi connectivity index (χ0n) is 23.3. The van der Waals surface area contributed by atoms with Crippen LogP contribution in [0.3, 0.4) is 0 Å². The normalized spacial score (nSPS) is 21.0. The average Bonchev–Trinajstić information content (AvgIpc) is 3.76. The van der Waals surface area contributed by atoms with Crippen LogP contribution in [0.1, 0.15) is 51.9 Å². The molecule has 3 aliphatic rings. The molecular formula is C32H37N3O6. The van der Waals surface area contributed by atoms with E-state index >= 15 is 0 Å². The molecule has 3 aromatic rings. The standard InChI is InChI=1S/C32H37N3O6/c1-39-31-14-24(8-9-30(31)41-20-21-2-4-22(5-3-21)23-6-7-23)25-16-35(17-25)32(38)27-15-26(10-11-33-27)40-13-12-34-18-28(36)29(37)19-34/h2-5,8-11,14-15,23,25,28-29,36-37H,6-7,12-13,16-20H2,1H3/t28-,29-/m0/s1. The molecule has 0 bridgehead atoms. The van der Waals surface area contributed by atoms with Gasteiger partial charge in [-0.25, -0.2) is 0 Å². The molecule has 2 aliphatic heterocycles. The summed E-state index contributed by atoms with van der Waals surface area (Å²) in [5, 5.41) is 19.4. The molecular weight excluding hydrogens is 522 g/mol. The minimum Gasteiger partial charge on any atom is -0.493 e. The Morgan fingerprint density at radius 2 is 1.61 bits per heavy atom. The van der Waals surface area contributed by atoms with E-state index in [2.05, 4.69) is 29.2 Å². The molecule has 9 nitrogen and oxygen atoms in total. The van der Waals surface area contributed by atoms with Crippen molar-refractivity contribution in [1.29, 1.82) is 0 Å². The number of carbonyl (C=O) groups is 1. The summed E-state index contributed by atoms with van der Waals surface area (Å²) in [6.07, 6.45) is 2.74. The van der Waals surface area contributed by atoms with Crippen LogP contribution in [-0.4, -0.2) is 89.6 Å². The number of methoxy groups -OCH3 is 1. The van der Waals surface area contributed by atoms with Gasteiger partial charge in [-0.2, -0.15) is 0 Å². The fourth-order valence-corrected chi connectivity index (χ4v) is 5.48. The van der Waals surface area contributed by atoms with Crippen molar-refractivity contribution < 1.29 is 29.2 Å². The smallest absolute Gasteiger partial charge is 0.272 e. The Bertz CT molecular complexity index is 1350. The molecule has 2 atom stereocenters. The number of β-amino-alcohol motifs (C(OH)–C–C–N with tert-alkyl or cyclic N) is 2. The van der Waals surface area contributed by atoms with Gasteiger partial charge in [-0.1, -0.05) is 30.3 Å². The van der Waals surface area contributed by atoms with Crippen molar-refractivity contribution in [2.75, 3.05) is 46.4 Å². The lowest BCUT2D eigenvalue weighted by Crippen LogP contribution is -2.48. The van der Waals surface area contributed by atoms with Crippen LogP contribution >= 0.6 is 0 Å². The van der Waals surface area contributed by atoms with Crippen molar-refractivity contribution in [2.45, 2.75) is 43.5 Å². The number of pyridine rings is 1. The molecule has 1 saturated carbocycles. The number of likely N-dealkylation sites (tertiary alicyclic amines) is 2. The van der Waals surface area contributed by atoms with Crippen molar-refractivity contribution in [3.63, 3.8) is 0 Å². The summed E-state index contributed by atoms with van der Waals surface area (Å²) in [6.45, 7) is 3.50. The molecule has 2 saturated heterocycles. The van der Waals surface area contributed by atoms with Crippen molar-refractivity contribution in [2.24, 2.45) is 0 Å². The number of aromatic nitrogens is 1. The van der Waals surface area contributed by atoms with Crippen LogP contribution in [-0.2, 0) is 6.61 Å². The van der Waals surface area contributed by atoms with Crippen LogP contribution in [0.15, 0.2) is 60.8 Å². The van der Waals surface area contributed by atoms with E-state index in [0.29, 0.717) is 68.9 Å². The zero-order valence-corrected chi connectivity index (χ0v) is 23.3. The summed E-state index contributed by atoms with van der Waals surface area (Å²) in [5.74, 6) is 2.79. The number of rotatable bonds is 11. The molecule has 3 fully saturated rings. The van der Waals surface area contributed by atoms with Crippen molar-refractivity contribution >= 4 is 5.91 Å². The lowest BCUT2D eigenvalue weighted by Gasteiger charge is -2.39. The van der Waals surface area contributed by atoms with Crippen LogP contribution in [0.2, 0.25) is 0 Å². The first-order chi connectivity index (χ1) is 20.0. The second kappa shape index (κ2) is 12.1. The maximum Gasteiger partial charge on any atom is 0.272 e. The van der Waals surface area contributed by atoms with E-state index in [1.54, 1.807) is 30.3 Å². The van der Waals surface area contributed by atoms with Crippen molar-refractivity contribution in [1.82, 2.24) is 14.8 Å². The van der Waals surface area contributed by atoms with Crippen molar-refractivity contribution in [3.8, 4) is 17.2 Å². The third-order valence-electron chi connectivity index (χ3n) is 8.21. The maximum atomic E-state index is 13.1. The fourth-order valence-electron chi connectivity index (χ4n) is 5.48. The van der Waals surface area contributed by atoms with Gasteiger partial charge in [-0.05, 0) is 53.6 Å². The van der Waals surface area contributed by atoms with Crippen molar-refractivity contribution in [3.05, 3.63) is 83.2 Å². The van der Waals surface area contributed by atoms with Crippen LogP contribution in [0.4, 0.5) is 0 Å². The van der Waals surface area contributed by atoms with Gasteiger partial charge in [-0.3, -0.25) is 14.7 Å². The summed E-state index contributed by atoms with van der Waals surface area (Å²) in [5.41, 5.74) is 3.99. The Hall–Kier alpha value is -3.66. The van der Waals surface area contributed by atoms with Gasteiger partial charge in [0.25, 0.3) is 5.91 Å². The number of benzene rings is 2. The number of aliphatic hydroxyl groups excluding tert-OH is 2. The van der Waals surface area contributed by atoms with E-state index in [0.717, 1.165) is 17.0 Å². The number of amides is 1. The van der Waals surface area contributed by atoms with E-state index < -0.39 is 12.2 Å². The number of carbonyl (C=O) groups excluding carboxylic acids is 1. The Labute approximate surface area is 240 Å². The molecule has 1 amide bonds. The van der Waals surface area contributed by atoms with Gasteiger partial charge in [0.1, 0.15) is 24.7 Å². The molecule has 2 aromatic carbocycles. The minimum absolute atomic E-state index is 0.128. The van der Waals surface area contributed by atoms with Gasteiger partial charge < -0.3 is 29.3 Å². The van der Waals surface area contributed by atoms with Gasteiger partial charge in [0.2, 0.25) is 0 Å². The number of hydrogen-bond donors (Lipinski definition) is 2. The Kier molecular flexibility index (Phi) is 8.09. The monoisotopic (exact) mass is 559 g/mol. The Balaban J connectivity index is 0.990. The molecule has 2 N–H and O–H groups in total. The van der Waals surface area contributed by atoms with E-state index in [1.807, 2.05) is 23.1 Å². The molecule has 1 aliphatic carbocycles. The Morgan fingerprint density at radius 3 is 2.32 bits per heavy atom. The predicted molar refractivity (Wildman–Crippen MR) is 153 cm³/mol. The number of aliphatic hydroxyl groups is 2. The topological polar surface area (TPSA) is 105 Å². The third-order valence-corrected chi connectivity index (χ3v) is 8.21. The third kappa shape index (κ3) is 6.48. The highest BCUT2D eigenvalue weighted by molar-refractivity contribution is 5.93. The Morgan fingerprint density at radius 1 is 0.878 bits per heavy atom. The van der Waals surface area contributed by atoms with E-state index in [9.17, 15) is 15.0 Å². The number of ether oxygens (including phenoxy) is 3. The molecule has 1 aromatic heterocycles. The molecule has 9 heteroatoms. The van der Waals surface area contributed by atoms with E-state index in [1.165, 1.54) is 18.4 Å². The van der Waals surface area contributed by atoms with Gasteiger partial charge >= 0.3 is 0 Å². The molecule has 6 rings (SSSR count). The van der Waals surface area contributed by atoms with E-state index in [4.69, 9.17) is 14.2 Å². The SMILES string of the molecule is COc1cc(C2CN(C(=O)c3cc(OCCN4C[C@H](O)[C@@H](O)C4)ccn3)C2)ccc1OCc1ccc(C2CC2)cc1. The highest BCUT2D eigenvalue weighted by Crippen LogP contribution is 2.40. The van der Waals surface area contributed by atoms with Crippen LogP contribution in [0.5, 0.6) is 17.2 Å². The minimum atomic E-state index is -0.715. The lowest BCUT2D eigenvalue weighted by atomic mass is 9.91. The van der Waals surface area contributed by atoms with Crippen LogP contribution < -0.4 is 14.2 Å². The molecule has 0 unspecified atom stereocenters. The first-order valence-electron chi connectivity index (χ1n) is 14.3. The predicted octanol–water partition coefficient (Wildman–Crippen LogP) is 3.20. The molecule has 216 valence electrons.